The summed E-state index contributed by atoms with van der Waals surface area (Å²) in [6, 6.07) is 2.09. The second kappa shape index (κ2) is 7.63. The average Bonchev–Trinajstić information content (AvgIpc) is 2.47. The summed E-state index contributed by atoms with van der Waals surface area (Å²) in [5.41, 5.74) is 2.21. The highest BCUT2D eigenvalue weighted by Gasteiger charge is 2.22. The molecule has 2 unspecified atom stereocenters. The van der Waals surface area contributed by atoms with Crippen LogP contribution in [0.2, 0.25) is 0 Å². The van der Waals surface area contributed by atoms with Crippen molar-refractivity contribution in [1.82, 2.24) is 10.3 Å². The SMILES string of the molecule is CCNCc1cnc(C)cc1OC1CCCC(CC)C1. The largest absolute Gasteiger partial charge is 0.490 e. The van der Waals surface area contributed by atoms with Crippen LogP contribution in [0.15, 0.2) is 12.3 Å². The van der Waals surface area contributed by atoms with Crippen molar-refractivity contribution in [3.05, 3.63) is 23.5 Å². The molecule has 1 N–H and O–H groups in total. The second-order valence-electron chi connectivity index (χ2n) is 5.89. The average molecular weight is 276 g/mol. The number of ether oxygens (including phenoxy) is 1. The number of nitrogens with zero attached hydrogens (tertiary/aromatic N) is 1. The first kappa shape index (κ1) is 15.3. The molecule has 0 saturated heterocycles. The van der Waals surface area contributed by atoms with Gasteiger partial charge in [0, 0.05) is 30.1 Å². The zero-order chi connectivity index (χ0) is 14.4. The van der Waals surface area contributed by atoms with Crippen LogP contribution >= 0.6 is 0 Å². The van der Waals surface area contributed by atoms with Crippen molar-refractivity contribution in [2.75, 3.05) is 6.54 Å². The summed E-state index contributed by atoms with van der Waals surface area (Å²) in [7, 11) is 0. The molecule has 3 heteroatoms. The highest BCUT2D eigenvalue weighted by molar-refractivity contribution is 5.33. The molecule has 1 fully saturated rings. The zero-order valence-electron chi connectivity index (χ0n) is 13.1. The summed E-state index contributed by atoms with van der Waals surface area (Å²) in [5, 5.41) is 3.36. The molecule has 0 bridgehead atoms. The Kier molecular flexibility index (Phi) is 5.84. The number of pyridine rings is 1. The molecule has 2 rings (SSSR count). The molecule has 20 heavy (non-hydrogen) atoms. The predicted octanol–water partition coefficient (Wildman–Crippen LogP) is 3.85. The molecule has 0 spiro atoms. The first-order chi connectivity index (χ1) is 9.72. The second-order valence-corrected chi connectivity index (χ2v) is 5.89. The third kappa shape index (κ3) is 4.20. The van der Waals surface area contributed by atoms with Gasteiger partial charge >= 0.3 is 0 Å². The summed E-state index contributed by atoms with van der Waals surface area (Å²) >= 11 is 0. The highest BCUT2D eigenvalue weighted by Crippen LogP contribution is 2.30. The van der Waals surface area contributed by atoms with E-state index < -0.39 is 0 Å². The summed E-state index contributed by atoms with van der Waals surface area (Å²) < 4.78 is 6.32. The minimum atomic E-state index is 0.385. The van der Waals surface area contributed by atoms with Crippen LogP contribution in [-0.4, -0.2) is 17.6 Å². The van der Waals surface area contributed by atoms with Gasteiger partial charge in [-0.25, -0.2) is 0 Å². The van der Waals surface area contributed by atoms with Gasteiger partial charge in [-0.2, -0.15) is 0 Å². The minimum Gasteiger partial charge on any atom is -0.490 e. The lowest BCUT2D eigenvalue weighted by Crippen LogP contribution is -2.26. The lowest BCUT2D eigenvalue weighted by atomic mass is 9.85. The summed E-state index contributed by atoms with van der Waals surface area (Å²) in [5.74, 6) is 1.87. The molecule has 112 valence electrons. The quantitative estimate of drug-likeness (QED) is 0.857. The number of rotatable bonds is 6. The molecular formula is C17H28N2O. The van der Waals surface area contributed by atoms with Crippen molar-refractivity contribution in [3.8, 4) is 5.75 Å². The molecule has 1 aromatic heterocycles. The Labute approximate surface area is 123 Å². The van der Waals surface area contributed by atoms with E-state index in [-0.39, 0.29) is 0 Å². The van der Waals surface area contributed by atoms with Crippen LogP contribution in [0.1, 0.15) is 57.2 Å². The first-order valence-electron chi connectivity index (χ1n) is 8.05. The van der Waals surface area contributed by atoms with Gasteiger partial charge in [0.25, 0.3) is 0 Å². The van der Waals surface area contributed by atoms with Gasteiger partial charge in [-0.1, -0.05) is 26.7 Å². The van der Waals surface area contributed by atoms with E-state index in [2.05, 4.69) is 30.2 Å². The number of aromatic nitrogens is 1. The maximum atomic E-state index is 6.32. The van der Waals surface area contributed by atoms with Gasteiger partial charge in [0.05, 0.1) is 6.10 Å². The lowest BCUT2D eigenvalue weighted by molar-refractivity contribution is 0.120. The van der Waals surface area contributed by atoms with E-state index in [1.165, 1.54) is 37.7 Å². The fraction of sp³-hybridized carbons (Fsp3) is 0.706. The molecule has 0 aliphatic heterocycles. The van der Waals surface area contributed by atoms with Crippen LogP contribution in [0.4, 0.5) is 0 Å². The van der Waals surface area contributed by atoms with Gasteiger partial charge in [0.2, 0.25) is 0 Å². The predicted molar refractivity (Wildman–Crippen MR) is 83.0 cm³/mol. The Morgan fingerprint density at radius 3 is 2.95 bits per heavy atom. The molecule has 1 heterocycles. The molecule has 1 saturated carbocycles. The van der Waals surface area contributed by atoms with Gasteiger partial charge in [0.15, 0.2) is 0 Å². The third-order valence-electron chi connectivity index (χ3n) is 4.25. The summed E-state index contributed by atoms with van der Waals surface area (Å²) in [4.78, 5) is 4.40. The van der Waals surface area contributed by atoms with E-state index in [0.717, 1.165) is 30.5 Å². The van der Waals surface area contributed by atoms with E-state index in [1.807, 2.05) is 13.1 Å². The molecule has 0 amide bonds. The van der Waals surface area contributed by atoms with Gasteiger partial charge < -0.3 is 10.1 Å². The van der Waals surface area contributed by atoms with Gasteiger partial charge in [-0.05, 0) is 38.6 Å². The van der Waals surface area contributed by atoms with Crippen molar-refractivity contribution in [2.45, 2.75) is 65.5 Å². The van der Waals surface area contributed by atoms with Crippen LogP contribution in [0.3, 0.4) is 0 Å². The Balaban J connectivity index is 2.04. The first-order valence-corrected chi connectivity index (χ1v) is 8.05. The van der Waals surface area contributed by atoms with E-state index in [1.54, 1.807) is 0 Å². The Hall–Kier alpha value is -1.09. The van der Waals surface area contributed by atoms with Crippen LogP contribution in [0.25, 0.3) is 0 Å². The fourth-order valence-electron chi connectivity index (χ4n) is 2.96. The maximum Gasteiger partial charge on any atom is 0.127 e. The Morgan fingerprint density at radius 2 is 2.20 bits per heavy atom. The molecular weight excluding hydrogens is 248 g/mol. The molecule has 1 aliphatic rings. The van der Waals surface area contributed by atoms with Crippen molar-refractivity contribution in [2.24, 2.45) is 5.92 Å². The normalized spacial score (nSPS) is 22.8. The van der Waals surface area contributed by atoms with Crippen molar-refractivity contribution in [1.29, 1.82) is 0 Å². The minimum absolute atomic E-state index is 0.385. The molecule has 0 radical (unpaired) electrons. The number of hydrogen-bond donors (Lipinski definition) is 1. The molecule has 0 aromatic carbocycles. The summed E-state index contributed by atoms with van der Waals surface area (Å²) in [6.45, 7) is 8.24. The van der Waals surface area contributed by atoms with E-state index in [4.69, 9.17) is 4.74 Å². The molecule has 2 atom stereocenters. The molecule has 1 aliphatic carbocycles. The van der Waals surface area contributed by atoms with Crippen LogP contribution in [0, 0.1) is 12.8 Å². The highest BCUT2D eigenvalue weighted by atomic mass is 16.5. The lowest BCUT2D eigenvalue weighted by Gasteiger charge is -2.29. The van der Waals surface area contributed by atoms with E-state index >= 15 is 0 Å². The van der Waals surface area contributed by atoms with E-state index in [0.29, 0.717) is 6.10 Å². The number of aryl methyl sites for hydroxylation is 1. The van der Waals surface area contributed by atoms with Crippen LogP contribution in [0.5, 0.6) is 5.75 Å². The van der Waals surface area contributed by atoms with Crippen LogP contribution < -0.4 is 10.1 Å². The van der Waals surface area contributed by atoms with Crippen molar-refractivity contribution >= 4 is 0 Å². The monoisotopic (exact) mass is 276 g/mol. The topological polar surface area (TPSA) is 34.2 Å². The number of nitrogens with one attached hydrogen (secondary N) is 1. The smallest absolute Gasteiger partial charge is 0.127 e. The Bertz CT molecular complexity index is 419. The third-order valence-corrected chi connectivity index (χ3v) is 4.25. The van der Waals surface area contributed by atoms with Crippen molar-refractivity contribution < 1.29 is 4.74 Å². The van der Waals surface area contributed by atoms with Crippen molar-refractivity contribution in [3.63, 3.8) is 0 Å². The van der Waals surface area contributed by atoms with Gasteiger partial charge in [-0.3, -0.25) is 4.98 Å². The standard InChI is InChI=1S/C17H28N2O/c1-4-14-7-6-8-16(10-14)20-17-9-13(3)19-12-15(17)11-18-5-2/h9,12,14,16,18H,4-8,10-11H2,1-3H3. The van der Waals surface area contributed by atoms with Crippen LogP contribution in [-0.2, 0) is 6.54 Å². The fourth-order valence-corrected chi connectivity index (χ4v) is 2.96. The van der Waals surface area contributed by atoms with Gasteiger partial charge in [-0.15, -0.1) is 0 Å². The summed E-state index contributed by atoms with van der Waals surface area (Å²) in [6.07, 6.45) is 8.69. The Morgan fingerprint density at radius 1 is 1.35 bits per heavy atom. The van der Waals surface area contributed by atoms with Gasteiger partial charge in [0.1, 0.15) is 5.75 Å². The zero-order valence-corrected chi connectivity index (χ0v) is 13.1. The van der Waals surface area contributed by atoms with E-state index in [9.17, 15) is 0 Å². The number of hydrogen-bond acceptors (Lipinski definition) is 3. The maximum absolute atomic E-state index is 6.32. The molecule has 1 aromatic rings. The molecule has 3 nitrogen and oxygen atoms in total.